The molecule has 1 aliphatic heterocycles. The Bertz CT molecular complexity index is 541. The van der Waals surface area contributed by atoms with Gasteiger partial charge in [0.05, 0.1) is 11.7 Å². The third-order valence-electron chi connectivity index (χ3n) is 3.60. The zero-order valence-electron chi connectivity index (χ0n) is 10.9. The Morgan fingerprint density at radius 1 is 1.21 bits per heavy atom. The minimum Gasteiger partial charge on any atom is -0.334 e. The maximum absolute atomic E-state index is 5.65. The van der Waals surface area contributed by atoms with Gasteiger partial charge in [-0.1, -0.05) is 30.3 Å². The first kappa shape index (κ1) is 12.1. The molecular formula is C15H18N4. The second kappa shape index (κ2) is 5.36. The van der Waals surface area contributed by atoms with Crippen LogP contribution in [0.1, 0.15) is 30.1 Å². The van der Waals surface area contributed by atoms with Crippen molar-refractivity contribution in [2.45, 2.75) is 25.4 Å². The molecule has 4 nitrogen and oxygen atoms in total. The molecule has 1 unspecified atom stereocenters. The van der Waals surface area contributed by atoms with Gasteiger partial charge in [0.1, 0.15) is 0 Å². The first-order valence-corrected chi connectivity index (χ1v) is 6.72. The summed E-state index contributed by atoms with van der Waals surface area (Å²) < 4.78 is 0. The first-order chi connectivity index (χ1) is 9.38. The molecule has 1 aliphatic rings. The number of hydrogen-bond acceptors (Lipinski definition) is 4. The molecule has 1 fully saturated rings. The highest BCUT2D eigenvalue weighted by atomic mass is 15.3. The fraction of sp³-hybridized carbons (Fsp3) is 0.333. The summed E-state index contributed by atoms with van der Waals surface area (Å²) >= 11 is 0. The average Bonchev–Trinajstić information content (AvgIpc) is 2.98. The van der Waals surface area contributed by atoms with Crippen LogP contribution in [0, 0.1) is 0 Å². The summed E-state index contributed by atoms with van der Waals surface area (Å²) in [5.41, 5.74) is 7.88. The van der Waals surface area contributed by atoms with E-state index in [0.29, 0.717) is 12.6 Å². The van der Waals surface area contributed by atoms with Gasteiger partial charge in [0.15, 0.2) is 0 Å². The highest BCUT2D eigenvalue weighted by Crippen LogP contribution is 2.34. The molecule has 0 radical (unpaired) electrons. The molecule has 0 spiro atoms. The number of benzene rings is 1. The predicted molar refractivity (Wildman–Crippen MR) is 75.7 cm³/mol. The van der Waals surface area contributed by atoms with E-state index < -0.39 is 0 Å². The van der Waals surface area contributed by atoms with Gasteiger partial charge in [-0.2, -0.15) is 0 Å². The molecule has 0 aliphatic carbocycles. The molecule has 2 N–H and O–H groups in total. The first-order valence-electron chi connectivity index (χ1n) is 6.72. The molecule has 1 aromatic carbocycles. The molecule has 1 atom stereocenters. The molecule has 2 heterocycles. The SMILES string of the molecule is NCc1ccnc(N2CCCC2c2ccccc2)n1. The normalized spacial score (nSPS) is 18.8. The van der Waals surface area contributed by atoms with E-state index in [1.165, 1.54) is 12.0 Å². The summed E-state index contributed by atoms with van der Waals surface area (Å²) in [6.07, 6.45) is 4.13. The van der Waals surface area contributed by atoms with E-state index in [-0.39, 0.29) is 0 Å². The van der Waals surface area contributed by atoms with Crippen molar-refractivity contribution >= 4 is 5.95 Å². The molecule has 1 saturated heterocycles. The van der Waals surface area contributed by atoms with Crippen molar-refractivity contribution in [3.8, 4) is 0 Å². The van der Waals surface area contributed by atoms with Crippen molar-refractivity contribution in [3.63, 3.8) is 0 Å². The van der Waals surface area contributed by atoms with Crippen molar-refractivity contribution < 1.29 is 0 Å². The Labute approximate surface area is 113 Å². The number of rotatable bonds is 3. The van der Waals surface area contributed by atoms with Crippen LogP contribution < -0.4 is 10.6 Å². The zero-order valence-corrected chi connectivity index (χ0v) is 10.9. The van der Waals surface area contributed by atoms with Crippen molar-refractivity contribution in [3.05, 3.63) is 53.9 Å². The lowest BCUT2D eigenvalue weighted by Gasteiger charge is -2.25. The molecule has 3 rings (SSSR count). The van der Waals surface area contributed by atoms with Gasteiger partial charge in [-0.05, 0) is 24.5 Å². The number of hydrogen-bond donors (Lipinski definition) is 1. The summed E-state index contributed by atoms with van der Waals surface area (Å²) in [4.78, 5) is 11.2. The van der Waals surface area contributed by atoms with E-state index in [4.69, 9.17) is 5.73 Å². The summed E-state index contributed by atoms with van der Waals surface area (Å²) in [6, 6.07) is 12.8. The lowest BCUT2D eigenvalue weighted by molar-refractivity contribution is 0.698. The fourth-order valence-electron chi connectivity index (χ4n) is 2.66. The predicted octanol–water partition coefficient (Wildman–Crippen LogP) is 2.28. The van der Waals surface area contributed by atoms with Crippen LogP contribution in [0.3, 0.4) is 0 Å². The molecule has 4 heteroatoms. The molecule has 1 aromatic heterocycles. The lowest BCUT2D eigenvalue weighted by atomic mass is 10.1. The zero-order chi connectivity index (χ0) is 13.1. The highest BCUT2D eigenvalue weighted by Gasteiger charge is 2.27. The summed E-state index contributed by atoms with van der Waals surface area (Å²) in [5.74, 6) is 0.800. The minimum absolute atomic E-state index is 0.384. The van der Waals surface area contributed by atoms with Crippen molar-refractivity contribution in [1.82, 2.24) is 9.97 Å². The van der Waals surface area contributed by atoms with E-state index >= 15 is 0 Å². The van der Waals surface area contributed by atoms with Crippen LogP contribution in [-0.2, 0) is 6.54 Å². The quantitative estimate of drug-likeness (QED) is 0.913. The molecule has 0 saturated carbocycles. The molecule has 98 valence electrons. The Kier molecular flexibility index (Phi) is 3.42. The maximum Gasteiger partial charge on any atom is 0.226 e. The number of anilines is 1. The Morgan fingerprint density at radius 2 is 2.05 bits per heavy atom. The minimum atomic E-state index is 0.384. The van der Waals surface area contributed by atoms with E-state index in [1.54, 1.807) is 6.20 Å². The Hall–Kier alpha value is -1.94. The monoisotopic (exact) mass is 254 g/mol. The van der Waals surface area contributed by atoms with Crippen molar-refractivity contribution in [2.24, 2.45) is 5.73 Å². The van der Waals surface area contributed by atoms with Crippen LogP contribution >= 0.6 is 0 Å². The molecule has 0 bridgehead atoms. The molecule has 19 heavy (non-hydrogen) atoms. The van der Waals surface area contributed by atoms with Gasteiger partial charge in [0.25, 0.3) is 0 Å². The van der Waals surface area contributed by atoms with Crippen LogP contribution in [-0.4, -0.2) is 16.5 Å². The smallest absolute Gasteiger partial charge is 0.226 e. The molecule has 2 aromatic rings. The van der Waals surface area contributed by atoms with Crippen LogP contribution in [0.4, 0.5) is 5.95 Å². The van der Waals surface area contributed by atoms with Gasteiger partial charge in [-0.3, -0.25) is 0 Å². The average molecular weight is 254 g/mol. The Morgan fingerprint density at radius 3 is 2.84 bits per heavy atom. The van der Waals surface area contributed by atoms with Gasteiger partial charge in [-0.25, -0.2) is 9.97 Å². The third kappa shape index (κ3) is 2.44. The van der Waals surface area contributed by atoms with Crippen molar-refractivity contribution in [2.75, 3.05) is 11.4 Å². The van der Waals surface area contributed by atoms with Gasteiger partial charge in [-0.15, -0.1) is 0 Å². The standard InChI is InChI=1S/C15H18N4/c16-11-13-8-9-17-15(18-13)19-10-4-7-14(19)12-5-2-1-3-6-12/h1-3,5-6,8-9,14H,4,7,10-11,16H2. The summed E-state index contributed by atoms with van der Waals surface area (Å²) in [5, 5.41) is 0. The van der Waals surface area contributed by atoms with E-state index in [9.17, 15) is 0 Å². The topological polar surface area (TPSA) is 55.0 Å². The number of nitrogens with two attached hydrogens (primary N) is 1. The number of aromatic nitrogens is 2. The summed E-state index contributed by atoms with van der Waals surface area (Å²) in [6.45, 7) is 1.47. The highest BCUT2D eigenvalue weighted by molar-refractivity contribution is 5.38. The maximum atomic E-state index is 5.65. The van der Waals surface area contributed by atoms with E-state index in [2.05, 4.69) is 39.1 Å². The van der Waals surface area contributed by atoms with Gasteiger partial charge in [0, 0.05) is 19.3 Å². The molecule has 0 amide bonds. The second-order valence-corrected chi connectivity index (χ2v) is 4.81. The Balaban J connectivity index is 1.90. The van der Waals surface area contributed by atoms with Gasteiger partial charge >= 0.3 is 0 Å². The van der Waals surface area contributed by atoms with Crippen LogP contribution in [0.25, 0.3) is 0 Å². The lowest BCUT2D eigenvalue weighted by Crippen LogP contribution is -2.25. The second-order valence-electron chi connectivity index (χ2n) is 4.81. The van der Waals surface area contributed by atoms with E-state index in [1.807, 2.05) is 12.1 Å². The largest absolute Gasteiger partial charge is 0.334 e. The van der Waals surface area contributed by atoms with Gasteiger partial charge < -0.3 is 10.6 Å². The van der Waals surface area contributed by atoms with Gasteiger partial charge in [0.2, 0.25) is 5.95 Å². The van der Waals surface area contributed by atoms with Crippen LogP contribution in [0.5, 0.6) is 0 Å². The number of nitrogens with zero attached hydrogens (tertiary/aromatic N) is 3. The van der Waals surface area contributed by atoms with Crippen LogP contribution in [0.15, 0.2) is 42.6 Å². The summed E-state index contributed by atoms with van der Waals surface area (Å²) in [7, 11) is 0. The third-order valence-corrected chi connectivity index (χ3v) is 3.60. The van der Waals surface area contributed by atoms with Crippen molar-refractivity contribution in [1.29, 1.82) is 0 Å². The molecular weight excluding hydrogens is 236 g/mol. The van der Waals surface area contributed by atoms with Crippen LogP contribution in [0.2, 0.25) is 0 Å². The van der Waals surface area contributed by atoms with E-state index in [0.717, 1.165) is 24.6 Å². The fourth-order valence-corrected chi connectivity index (χ4v) is 2.66.